The number of carbonyl (C=O) groups is 1. The third-order valence-corrected chi connectivity index (χ3v) is 4.61. The maximum atomic E-state index is 12.3. The van der Waals surface area contributed by atoms with Crippen molar-refractivity contribution >= 4 is 33.2 Å². The van der Waals surface area contributed by atoms with E-state index in [-0.39, 0.29) is 28.1 Å². The summed E-state index contributed by atoms with van der Waals surface area (Å²) >= 11 is 5.77. The molecule has 0 spiro atoms. The molecule has 0 heterocycles. The highest BCUT2D eigenvalue weighted by Crippen LogP contribution is 2.25. The lowest BCUT2D eigenvalue weighted by Gasteiger charge is -2.20. The van der Waals surface area contributed by atoms with Crippen molar-refractivity contribution in [1.29, 1.82) is 0 Å². The second kappa shape index (κ2) is 5.77. The molecular formula is C11H16ClN3O3S. The molecule has 1 aromatic carbocycles. The zero-order chi connectivity index (χ0) is 14.8. The smallest absolute Gasteiger partial charge is 0.245 e. The fourth-order valence-corrected chi connectivity index (χ4v) is 2.81. The van der Waals surface area contributed by atoms with E-state index in [2.05, 4.69) is 0 Å². The molecule has 0 fully saturated rings. The van der Waals surface area contributed by atoms with Gasteiger partial charge in [-0.1, -0.05) is 11.6 Å². The first-order valence-corrected chi connectivity index (χ1v) is 7.19. The van der Waals surface area contributed by atoms with E-state index in [0.717, 1.165) is 4.31 Å². The minimum absolute atomic E-state index is 0.0913. The number of nitrogens with two attached hydrogens (primary N) is 1. The number of carbonyl (C=O) groups excluding carboxylic acids is 1. The molecule has 2 N–H and O–H groups in total. The summed E-state index contributed by atoms with van der Waals surface area (Å²) in [6, 6.07) is 4.18. The average Bonchev–Trinajstić information content (AvgIpc) is 2.31. The Morgan fingerprint density at radius 1 is 1.32 bits per heavy atom. The molecule has 0 aliphatic carbocycles. The van der Waals surface area contributed by atoms with Gasteiger partial charge in [0.15, 0.2) is 0 Å². The fourth-order valence-electron chi connectivity index (χ4n) is 1.32. The van der Waals surface area contributed by atoms with Gasteiger partial charge < -0.3 is 10.6 Å². The first kappa shape index (κ1) is 15.7. The number of amides is 1. The number of nitrogens with zero attached hydrogens (tertiary/aromatic N) is 2. The highest BCUT2D eigenvalue weighted by Gasteiger charge is 2.25. The van der Waals surface area contributed by atoms with Crippen LogP contribution in [0.2, 0.25) is 5.02 Å². The lowest BCUT2D eigenvalue weighted by atomic mass is 10.3. The van der Waals surface area contributed by atoms with Crippen molar-refractivity contribution in [2.24, 2.45) is 0 Å². The van der Waals surface area contributed by atoms with E-state index in [4.69, 9.17) is 17.3 Å². The average molecular weight is 306 g/mol. The molecule has 8 heteroatoms. The van der Waals surface area contributed by atoms with Gasteiger partial charge in [0.1, 0.15) is 4.90 Å². The zero-order valence-corrected chi connectivity index (χ0v) is 12.5. The van der Waals surface area contributed by atoms with E-state index in [1.54, 1.807) is 14.1 Å². The minimum Gasteiger partial charge on any atom is -0.398 e. The predicted octanol–water partition coefficient (Wildman–Crippen LogP) is 0.631. The Morgan fingerprint density at radius 3 is 2.42 bits per heavy atom. The number of hydrogen-bond donors (Lipinski definition) is 1. The zero-order valence-electron chi connectivity index (χ0n) is 10.9. The van der Waals surface area contributed by atoms with E-state index < -0.39 is 10.0 Å². The molecule has 106 valence electrons. The molecular weight excluding hydrogens is 290 g/mol. The number of sulfonamides is 1. The largest absolute Gasteiger partial charge is 0.398 e. The second-order valence-electron chi connectivity index (χ2n) is 4.23. The quantitative estimate of drug-likeness (QED) is 0.827. The van der Waals surface area contributed by atoms with Gasteiger partial charge in [0.25, 0.3) is 0 Å². The van der Waals surface area contributed by atoms with Crippen LogP contribution in [0, 0.1) is 0 Å². The van der Waals surface area contributed by atoms with Crippen molar-refractivity contribution in [2.45, 2.75) is 4.90 Å². The number of rotatable bonds is 4. The Hall–Kier alpha value is -1.31. The first-order chi connectivity index (χ1) is 8.66. The second-order valence-corrected chi connectivity index (χ2v) is 6.68. The summed E-state index contributed by atoms with van der Waals surface area (Å²) in [5, 5.41) is 0.264. The molecule has 1 rings (SSSR count). The Labute approximate surface area is 117 Å². The van der Waals surface area contributed by atoms with Crippen molar-refractivity contribution in [3.8, 4) is 0 Å². The number of benzene rings is 1. The van der Waals surface area contributed by atoms with E-state index in [1.165, 1.54) is 30.1 Å². The molecule has 1 amide bonds. The Morgan fingerprint density at radius 2 is 1.89 bits per heavy atom. The number of nitrogen functional groups attached to an aromatic ring is 1. The Balaban J connectivity index is 3.10. The van der Waals surface area contributed by atoms with Crippen molar-refractivity contribution in [1.82, 2.24) is 9.21 Å². The van der Waals surface area contributed by atoms with Gasteiger partial charge in [-0.2, -0.15) is 4.31 Å². The summed E-state index contributed by atoms with van der Waals surface area (Å²) in [6.07, 6.45) is 0. The van der Waals surface area contributed by atoms with Crippen LogP contribution in [0.15, 0.2) is 23.1 Å². The maximum Gasteiger partial charge on any atom is 0.245 e. The number of likely N-dealkylation sites (N-methyl/N-ethyl adjacent to an activating group) is 2. The molecule has 6 nitrogen and oxygen atoms in total. The Bertz CT molecular complexity index is 587. The molecule has 0 bridgehead atoms. The highest BCUT2D eigenvalue weighted by molar-refractivity contribution is 7.89. The van der Waals surface area contributed by atoms with Gasteiger partial charge in [-0.3, -0.25) is 4.79 Å². The number of anilines is 1. The van der Waals surface area contributed by atoms with Gasteiger partial charge >= 0.3 is 0 Å². The lowest BCUT2D eigenvalue weighted by molar-refractivity contribution is -0.128. The van der Waals surface area contributed by atoms with Crippen molar-refractivity contribution in [2.75, 3.05) is 33.4 Å². The Kier molecular flexibility index (Phi) is 4.78. The van der Waals surface area contributed by atoms with Gasteiger partial charge in [0.2, 0.25) is 15.9 Å². The van der Waals surface area contributed by atoms with Crippen molar-refractivity contribution in [3.63, 3.8) is 0 Å². The standard InChI is InChI=1S/C11H16ClN3O3S/c1-14(2)11(16)7-15(3)19(17,18)10-6-8(12)4-5-9(10)13/h4-6H,7,13H2,1-3H3. The van der Waals surface area contributed by atoms with Gasteiger partial charge in [-0.25, -0.2) is 8.42 Å². The topological polar surface area (TPSA) is 83.7 Å². The predicted molar refractivity (Wildman–Crippen MR) is 74.4 cm³/mol. The molecule has 0 aliphatic rings. The van der Waals surface area contributed by atoms with Crippen LogP contribution >= 0.6 is 11.6 Å². The summed E-state index contributed by atoms with van der Waals surface area (Å²) in [4.78, 5) is 12.8. The first-order valence-electron chi connectivity index (χ1n) is 5.37. The summed E-state index contributed by atoms with van der Waals surface area (Å²) in [7, 11) is 0.576. The minimum atomic E-state index is -3.84. The highest BCUT2D eigenvalue weighted by atomic mass is 35.5. The van der Waals surface area contributed by atoms with Crippen molar-refractivity contribution in [3.05, 3.63) is 23.2 Å². The lowest BCUT2D eigenvalue weighted by Crippen LogP contribution is -2.37. The molecule has 0 saturated heterocycles. The van der Waals surface area contributed by atoms with Crippen LogP contribution in [0.25, 0.3) is 0 Å². The molecule has 0 unspecified atom stereocenters. The van der Waals surface area contributed by atoms with Crippen LogP contribution in [0.3, 0.4) is 0 Å². The monoisotopic (exact) mass is 305 g/mol. The summed E-state index contributed by atoms with van der Waals surface area (Å²) in [5.41, 5.74) is 5.74. The summed E-state index contributed by atoms with van der Waals surface area (Å²) < 4.78 is 25.5. The van der Waals surface area contributed by atoms with E-state index in [9.17, 15) is 13.2 Å². The molecule has 19 heavy (non-hydrogen) atoms. The molecule has 0 saturated carbocycles. The van der Waals surface area contributed by atoms with E-state index in [1.807, 2.05) is 0 Å². The van der Waals surface area contributed by atoms with Crippen LogP contribution in [0.1, 0.15) is 0 Å². The van der Waals surface area contributed by atoms with Gasteiger partial charge in [0, 0.05) is 26.2 Å². The molecule has 1 aromatic rings. The van der Waals surface area contributed by atoms with E-state index in [0.29, 0.717) is 0 Å². The van der Waals surface area contributed by atoms with Crippen LogP contribution < -0.4 is 5.73 Å². The number of halogens is 1. The number of hydrogen-bond acceptors (Lipinski definition) is 4. The third-order valence-electron chi connectivity index (χ3n) is 2.52. The van der Waals surface area contributed by atoms with Crippen LogP contribution in [0.5, 0.6) is 0 Å². The molecule has 0 atom stereocenters. The molecule has 0 aromatic heterocycles. The summed E-state index contributed by atoms with van der Waals surface area (Å²) in [5.74, 6) is -0.327. The SMILES string of the molecule is CN(C)C(=O)CN(C)S(=O)(=O)c1cc(Cl)ccc1N. The molecule has 0 radical (unpaired) electrons. The third kappa shape index (κ3) is 3.59. The van der Waals surface area contributed by atoms with Crippen LogP contribution in [-0.2, 0) is 14.8 Å². The van der Waals surface area contributed by atoms with Gasteiger partial charge in [0.05, 0.1) is 12.2 Å². The van der Waals surface area contributed by atoms with Crippen LogP contribution in [-0.4, -0.2) is 51.2 Å². The van der Waals surface area contributed by atoms with Gasteiger partial charge in [-0.15, -0.1) is 0 Å². The fraction of sp³-hybridized carbons (Fsp3) is 0.364. The van der Waals surface area contributed by atoms with Crippen molar-refractivity contribution < 1.29 is 13.2 Å². The van der Waals surface area contributed by atoms with Crippen LogP contribution in [0.4, 0.5) is 5.69 Å². The van der Waals surface area contributed by atoms with Gasteiger partial charge in [-0.05, 0) is 18.2 Å². The molecule has 0 aliphatic heterocycles. The normalized spacial score (nSPS) is 11.6. The summed E-state index contributed by atoms with van der Waals surface area (Å²) in [6.45, 7) is -0.263. The van der Waals surface area contributed by atoms with E-state index >= 15 is 0 Å². The maximum absolute atomic E-state index is 12.3.